The lowest BCUT2D eigenvalue weighted by atomic mass is 10.1. The summed E-state index contributed by atoms with van der Waals surface area (Å²) in [5, 5.41) is 13.2. The Bertz CT molecular complexity index is 678. The summed E-state index contributed by atoms with van der Waals surface area (Å²) in [6, 6.07) is 5.32. The summed E-state index contributed by atoms with van der Waals surface area (Å²) < 4.78 is 1.13. The van der Waals surface area contributed by atoms with Crippen molar-refractivity contribution in [2.24, 2.45) is 0 Å². The smallest absolute Gasteiger partial charge is 0.341 e. The molecule has 0 aliphatic carbocycles. The van der Waals surface area contributed by atoms with E-state index in [-0.39, 0.29) is 12.1 Å². The first kappa shape index (κ1) is 12.9. The summed E-state index contributed by atoms with van der Waals surface area (Å²) in [5.74, 6) is -1.23. The molecule has 2 heterocycles. The van der Waals surface area contributed by atoms with Crippen molar-refractivity contribution in [3.63, 3.8) is 0 Å². The zero-order valence-corrected chi connectivity index (χ0v) is 10.6. The molecule has 0 amide bonds. The third-order valence-corrected chi connectivity index (χ3v) is 2.89. The van der Waals surface area contributed by atoms with Gasteiger partial charge >= 0.3 is 5.97 Å². The molecule has 0 fully saturated rings. The Morgan fingerprint density at radius 2 is 2.11 bits per heavy atom. The normalized spacial score (nSPS) is 10.4. The third kappa shape index (κ3) is 2.52. The van der Waals surface area contributed by atoms with Crippen LogP contribution in [0.3, 0.4) is 0 Å². The highest BCUT2D eigenvalue weighted by atomic mass is 16.4. The third-order valence-electron chi connectivity index (χ3n) is 2.89. The summed E-state index contributed by atoms with van der Waals surface area (Å²) in [7, 11) is 0. The van der Waals surface area contributed by atoms with Gasteiger partial charge in [-0.1, -0.05) is 6.07 Å². The number of carboxylic acid groups (broad SMARTS) is 1. The summed E-state index contributed by atoms with van der Waals surface area (Å²) >= 11 is 0. The maximum absolute atomic E-state index is 12.1. The molecular weight excluding hydrogens is 246 g/mol. The van der Waals surface area contributed by atoms with Crippen LogP contribution in [-0.4, -0.2) is 25.8 Å². The van der Waals surface area contributed by atoms with Crippen LogP contribution in [0.5, 0.6) is 0 Å². The van der Waals surface area contributed by atoms with Gasteiger partial charge in [0.15, 0.2) is 0 Å². The zero-order chi connectivity index (χ0) is 14.0. The van der Waals surface area contributed by atoms with E-state index >= 15 is 0 Å². The first-order valence-corrected chi connectivity index (χ1v) is 5.72. The van der Waals surface area contributed by atoms with Gasteiger partial charge in [-0.05, 0) is 31.5 Å². The van der Waals surface area contributed by atoms with E-state index in [9.17, 15) is 9.59 Å². The second-order valence-corrected chi connectivity index (χ2v) is 4.17. The van der Waals surface area contributed by atoms with E-state index in [2.05, 4.69) is 10.1 Å². The number of rotatable bonds is 3. The van der Waals surface area contributed by atoms with Gasteiger partial charge in [0.25, 0.3) is 5.56 Å². The fourth-order valence-electron chi connectivity index (χ4n) is 1.78. The average Bonchev–Trinajstić information content (AvgIpc) is 2.37. The quantitative estimate of drug-likeness (QED) is 0.888. The molecule has 0 aliphatic heterocycles. The van der Waals surface area contributed by atoms with Crippen molar-refractivity contribution in [2.75, 3.05) is 0 Å². The van der Waals surface area contributed by atoms with Gasteiger partial charge in [-0.15, -0.1) is 0 Å². The molecule has 0 saturated carbocycles. The Hall–Kier alpha value is -2.50. The molecule has 2 aromatic heterocycles. The average molecular weight is 259 g/mol. The molecule has 6 heteroatoms. The number of nitrogens with zero attached hydrogens (tertiary/aromatic N) is 3. The Morgan fingerprint density at radius 3 is 2.68 bits per heavy atom. The SMILES string of the molecule is Cc1nn(Cc2ccccn2)c(=O)c(C(=O)O)c1C. The summed E-state index contributed by atoms with van der Waals surface area (Å²) in [6.07, 6.45) is 1.61. The minimum Gasteiger partial charge on any atom is -0.477 e. The molecule has 6 nitrogen and oxygen atoms in total. The molecular formula is C13H13N3O3. The lowest BCUT2D eigenvalue weighted by molar-refractivity contribution is 0.0692. The van der Waals surface area contributed by atoms with Crippen LogP contribution in [-0.2, 0) is 6.54 Å². The van der Waals surface area contributed by atoms with Gasteiger partial charge in [-0.2, -0.15) is 5.10 Å². The molecule has 0 spiro atoms. The maximum atomic E-state index is 12.1. The van der Waals surface area contributed by atoms with E-state index in [1.165, 1.54) is 0 Å². The van der Waals surface area contributed by atoms with Crippen molar-refractivity contribution in [1.82, 2.24) is 14.8 Å². The molecule has 0 saturated heterocycles. The van der Waals surface area contributed by atoms with Crippen molar-refractivity contribution in [3.05, 3.63) is 57.3 Å². The van der Waals surface area contributed by atoms with Gasteiger partial charge in [0.1, 0.15) is 5.56 Å². The van der Waals surface area contributed by atoms with Crippen molar-refractivity contribution < 1.29 is 9.90 Å². The molecule has 2 aromatic rings. The Kier molecular flexibility index (Phi) is 3.41. The molecule has 2 rings (SSSR count). The molecule has 1 N–H and O–H groups in total. The number of pyridine rings is 1. The summed E-state index contributed by atoms with van der Waals surface area (Å²) in [6.45, 7) is 3.41. The fraction of sp³-hybridized carbons (Fsp3) is 0.231. The van der Waals surface area contributed by atoms with Crippen molar-refractivity contribution in [1.29, 1.82) is 0 Å². The molecule has 19 heavy (non-hydrogen) atoms. The van der Waals surface area contributed by atoms with Gasteiger partial charge in [0.05, 0.1) is 17.9 Å². The van der Waals surface area contributed by atoms with Crippen molar-refractivity contribution in [3.8, 4) is 0 Å². The van der Waals surface area contributed by atoms with E-state index in [1.54, 1.807) is 38.2 Å². The number of aromatic carboxylic acids is 1. The van der Waals surface area contributed by atoms with Crippen molar-refractivity contribution >= 4 is 5.97 Å². The van der Waals surface area contributed by atoms with E-state index in [0.29, 0.717) is 17.0 Å². The largest absolute Gasteiger partial charge is 0.477 e. The van der Waals surface area contributed by atoms with Gasteiger partial charge in [-0.25, -0.2) is 9.48 Å². The molecule has 0 aliphatic rings. The number of carboxylic acids is 1. The zero-order valence-electron chi connectivity index (χ0n) is 10.6. The van der Waals surface area contributed by atoms with Crippen LogP contribution in [0.4, 0.5) is 0 Å². The van der Waals surface area contributed by atoms with E-state index in [1.807, 2.05) is 0 Å². The highest BCUT2D eigenvalue weighted by molar-refractivity contribution is 5.88. The number of aromatic nitrogens is 3. The number of carbonyl (C=O) groups is 1. The van der Waals surface area contributed by atoms with E-state index in [0.717, 1.165) is 4.68 Å². The van der Waals surface area contributed by atoms with Gasteiger partial charge < -0.3 is 5.11 Å². The topological polar surface area (TPSA) is 85.1 Å². The van der Waals surface area contributed by atoms with Gasteiger partial charge in [0.2, 0.25) is 0 Å². The van der Waals surface area contributed by atoms with Crippen LogP contribution in [0.15, 0.2) is 29.2 Å². The predicted octanol–water partition coefficient (Wildman–Crippen LogP) is 1.00. The minimum absolute atomic E-state index is 0.154. The highest BCUT2D eigenvalue weighted by Crippen LogP contribution is 2.06. The molecule has 0 aromatic carbocycles. The fourth-order valence-corrected chi connectivity index (χ4v) is 1.78. The van der Waals surface area contributed by atoms with Gasteiger partial charge in [-0.3, -0.25) is 9.78 Å². The van der Waals surface area contributed by atoms with Crippen LogP contribution < -0.4 is 5.56 Å². The van der Waals surface area contributed by atoms with Gasteiger partial charge in [0, 0.05) is 6.20 Å². The van der Waals surface area contributed by atoms with Crippen LogP contribution in [0, 0.1) is 13.8 Å². The Labute approximate surface area is 109 Å². The van der Waals surface area contributed by atoms with E-state index < -0.39 is 11.5 Å². The lowest BCUT2D eigenvalue weighted by Gasteiger charge is -2.09. The summed E-state index contributed by atoms with van der Waals surface area (Å²) in [4.78, 5) is 27.3. The number of aryl methyl sites for hydroxylation is 1. The molecule has 98 valence electrons. The standard InChI is InChI=1S/C13H13N3O3/c1-8-9(2)15-16(12(17)11(8)13(18)19)7-10-5-3-4-6-14-10/h3-6H,7H2,1-2H3,(H,18,19). The predicted molar refractivity (Wildman–Crippen MR) is 68.3 cm³/mol. The second-order valence-electron chi connectivity index (χ2n) is 4.17. The van der Waals surface area contributed by atoms with Crippen LogP contribution in [0.25, 0.3) is 0 Å². The first-order chi connectivity index (χ1) is 9.00. The molecule has 0 bridgehead atoms. The number of hydrogen-bond donors (Lipinski definition) is 1. The first-order valence-electron chi connectivity index (χ1n) is 5.72. The highest BCUT2D eigenvalue weighted by Gasteiger charge is 2.18. The monoisotopic (exact) mass is 259 g/mol. The lowest BCUT2D eigenvalue weighted by Crippen LogP contribution is -2.31. The molecule has 0 radical (unpaired) electrons. The minimum atomic E-state index is -1.23. The second kappa shape index (κ2) is 5.01. The summed E-state index contributed by atoms with van der Waals surface area (Å²) in [5.41, 5.74) is 0.726. The Morgan fingerprint density at radius 1 is 1.37 bits per heavy atom. The molecule has 0 unspecified atom stereocenters. The van der Waals surface area contributed by atoms with Crippen LogP contribution in [0.2, 0.25) is 0 Å². The number of hydrogen-bond acceptors (Lipinski definition) is 4. The molecule has 0 atom stereocenters. The maximum Gasteiger partial charge on any atom is 0.341 e. The van der Waals surface area contributed by atoms with Crippen LogP contribution >= 0.6 is 0 Å². The van der Waals surface area contributed by atoms with E-state index in [4.69, 9.17) is 5.11 Å². The van der Waals surface area contributed by atoms with Crippen molar-refractivity contribution in [2.45, 2.75) is 20.4 Å². The Balaban J connectivity index is 2.54. The van der Waals surface area contributed by atoms with Crippen LogP contribution in [0.1, 0.15) is 27.3 Å².